The zero-order valence-corrected chi connectivity index (χ0v) is 10.4. The van der Waals surface area contributed by atoms with E-state index in [-0.39, 0.29) is 22.9 Å². The number of hydrogen-bond acceptors (Lipinski definition) is 5. The van der Waals surface area contributed by atoms with Gasteiger partial charge in [0.25, 0.3) is 0 Å². The van der Waals surface area contributed by atoms with Crippen molar-refractivity contribution in [3.8, 4) is 11.6 Å². The van der Waals surface area contributed by atoms with Crippen molar-refractivity contribution in [2.45, 2.75) is 0 Å². The van der Waals surface area contributed by atoms with Crippen LogP contribution in [0.5, 0.6) is 11.6 Å². The van der Waals surface area contributed by atoms with Crippen molar-refractivity contribution in [1.29, 1.82) is 0 Å². The molecule has 5 nitrogen and oxygen atoms in total. The Morgan fingerprint density at radius 3 is 2.75 bits per heavy atom. The summed E-state index contributed by atoms with van der Waals surface area (Å²) in [4.78, 5) is 15.2. The fourth-order valence-corrected chi connectivity index (χ4v) is 1.46. The Balaban J connectivity index is 2.34. The van der Waals surface area contributed by atoms with Crippen LogP contribution >= 0.6 is 0 Å². The van der Waals surface area contributed by atoms with Crippen molar-refractivity contribution in [3.05, 3.63) is 47.7 Å². The first kappa shape index (κ1) is 13.7. The van der Waals surface area contributed by atoms with E-state index in [4.69, 9.17) is 10.5 Å². The molecule has 0 aliphatic carbocycles. The molecule has 1 aromatic carbocycles. The summed E-state index contributed by atoms with van der Waals surface area (Å²) >= 11 is 0. The number of carbonyl (C=O) groups excluding carboxylic acids is 1. The number of rotatable bonds is 3. The van der Waals surface area contributed by atoms with Gasteiger partial charge in [0.15, 0.2) is 11.6 Å². The molecule has 1 heterocycles. The Morgan fingerprint density at radius 1 is 1.30 bits per heavy atom. The number of aromatic nitrogens is 1. The summed E-state index contributed by atoms with van der Waals surface area (Å²) in [5.74, 6) is -2.56. The topological polar surface area (TPSA) is 74.4 Å². The van der Waals surface area contributed by atoms with Gasteiger partial charge in [0.05, 0.1) is 24.6 Å². The molecular weight excluding hydrogens is 270 g/mol. The summed E-state index contributed by atoms with van der Waals surface area (Å²) < 4.78 is 36.1. The van der Waals surface area contributed by atoms with Gasteiger partial charge in [-0.1, -0.05) is 0 Å². The highest BCUT2D eigenvalue weighted by Crippen LogP contribution is 2.26. The number of carbonyl (C=O) groups is 1. The Bertz CT molecular complexity index is 662. The van der Waals surface area contributed by atoms with Gasteiger partial charge in [-0.2, -0.15) is 0 Å². The third-order valence-electron chi connectivity index (χ3n) is 2.42. The summed E-state index contributed by atoms with van der Waals surface area (Å²) in [7, 11) is 1.19. The molecule has 20 heavy (non-hydrogen) atoms. The van der Waals surface area contributed by atoms with Gasteiger partial charge in [-0.15, -0.1) is 0 Å². The van der Waals surface area contributed by atoms with Gasteiger partial charge in [-0.25, -0.2) is 18.6 Å². The number of nitrogens with two attached hydrogens (primary N) is 1. The van der Waals surface area contributed by atoms with Gasteiger partial charge in [-0.05, 0) is 12.1 Å². The minimum absolute atomic E-state index is 0.0225. The van der Waals surface area contributed by atoms with Crippen LogP contribution in [0, 0.1) is 11.6 Å². The molecule has 0 saturated heterocycles. The van der Waals surface area contributed by atoms with Crippen LogP contribution < -0.4 is 10.5 Å². The number of nitrogen functional groups attached to an aromatic ring is 1. The third-order valence-corrected chi connectivity index (χ3v) is 2.42. The molecule has 0 saturated carbocycles. The number of anilines is 1. The molecule has 0 fully saturated rings. The molecule has 0 unspecified atom stereocenters. The van der Waals surface area contributed by atoms with Crippen LogP contribution in [0.1, 0.15) is 10.4 Å². The number of benzene rings is 1. The maximum Gasteiger partial charge on any atom is 0.340 e. The van der Waals surface area contributed by atoms with Gasteiger partial charge in [0, 0.05) is 12.1 Å². The second-order valence-corrected chi connectivity index (χ2v) is 3.78. The number of halogens is 2. The van der Waals surface area contributed by atoms with Crippen molar-refractivity contribution in [2.24, 2.45) is 0 Å². The van der Waals surface area contributed by atoms with Crippen molar-refractivity contribution in [2.75, 3.05) is 12.8 Å². The van der Waals surface area contributed by atoms with Gasteiger partial charge in [-0.3, -0.25) is 0 Å². The maximum absolute atomic E-state index is 13.4. The lowest BCUT2D eigenvalue weighted by atomic mass is 10.2. The Hall–Kier alpha value is -2.70. The Morgan fingerprint density at radius 2 is 2.05 bits per heavy atom. The summed E-state index contributed by atoms with van der Waals surface area (Å²) in [6.45, 7) is 0. The zero-order chi connectivity index (χ0) is 14.7. The highest BCUT2D eigenvalue weighted by Gasteiger charge is 2.14. The molecule has 0 radical (unpaired) electrons. The van der Waals surface area contributed by atoms with E-state index in [0.29, 0.717) is 0 Å². The standard InChI is InChI=1S/C13H10F2N2O3/c1-19-13(18)8-5-12(17-6-10(8)16)20-11-4-7(14)2-3-9(11)15/h2-6H,16H2,1H3. The molecule has 0 atom stereocenters. The van der Waals surface area contributed by atoms with Crippen molar-refractivity contribution in [3.63, 3.8) is 0 Å². The van der Waals surface area contributed by atoms with Crippen LogP contribution in [0.3, 0.4) is 0 Å². The van der Waals surface area contributed by atoms with E-state index in [2.05, 4.69) is 9.72 Å². The van der Waals surface area contributed by atoms with E-state index in [1.54, 1.807) is 0 Å². The van der Waals surface area contributed by atoms with Crippen LogP contribution in [0.15, 0.2) is 30.5 Å². The lowest BCUT2D eigenvalue weighted by Gasteiger charge is -2.08. The SMILES string of the molecule is COC(=O)c1cc(Oc2cc(F)ccc2F)ncc1N. The summed E-state index contributed by atoms with van der Waals surface area (Å²) in [5, 5.41) is 0. The molecule has 2 N–H and O–H groups in total. The Labute approximate surface area is 112 Å². The van der Waals surface area contributed by atoms with E-state index in [1.807, 2.05) is 0 Å². The first-order valence-corrected chi connectivity index (χ1v) is 5.48. The number of methoxy groups -OCH3 is 1. The Kier molecular flexibility index (Phi) is 3.79. The number of esters is 1. The van der Waals surface area contributed by atoms with Crippen molar-refractivity contribution >= 4 is 11.7 Å². The molecule has 0 spiro atoms. The molecule has 2 aromatic rings. The summed E-state index contributed by atoms with van der Waals surface area (Å²) in [6, 6.07) is 3.93. The predicted molar refractivity (Wildman–Crippen MR) is 66.4 cm³/mol. The lowest BCUT2D eigenvalue weighted by molar-refractivity contribution is 0.0601. The molecule has 1 aromatic heterocycles. The van der Waals surface area contributed by atoms with Gasteiger partial charge >= 0.3 is 5.97 Å². The molecule has 0 aliphatic heterocycles. The maximum atomic E-state index is 13.4. The number of nitrogens with zero attached hydrogens (tertiary/aromatic N) is 1. The second-order valence-electron chi connectivity index (χ2n) is 3.78. The zero-order valence-electron chi connectivity index (χ0n) is 10.4. The number of pyridine rings is 1. The van der Waals surface area contributed by atoms with Gasteiger partial charge in [0.2, 0.25) is 5.88 Å². The predicted octanol–water partition coefficient (Wildman–Crippen LogP) is 2.52. The van der Waals surface area contributed by atoms with Gasteiger partial charge < -0.3 is 15.2 Å². The van der Waals surface area contributed by atoms with E-state index in [9.17, 15) is 13.6 Å². The minimum Gasteiger partial charge on any atom is -0.465 e. The van der Waals surface area contributed by atoms with Crippen molar-refractivity contribution < 1.29 is 23.0 Å². The van der Waals surface area contributed by atoms with Crippen molar-refractivity contribution in [1.82, 2.24) is 4.98 Å². The fraction of sp³-hybridized carbons (Fsp3) is 0.0769. The monoisotopic (exact) mass is 280 g/mol. The normalized spacial score (nSPS) is 10.2. The minimum atomic E-state index is -0.760. The largest absolute Gasteiger partial charge is 0.465 e. The molecule has 7 heteroatoms. The average molecular weight is 280 g/mol. The summed E-state index contributed by atoms with van der Waals surface area (Å²) in [5.41, 5.74) is 5.67. The molecule has 104 valence electrons. The van der Waals surface area contributed by atoms with Crippen LogP contribution in [0.2, 0.25) is 0 Å². The highest BCUT2D eigenvalue weighted by molar-refractivity contribution is 5.95. The third kappa shape index (κ3) is 2.82. The van der Waals surface area contributed by atoms with E-state index in [1.165, 1.54) is 19.4 Å². The summed E-state index contributed by atoms with van der Waals surface area (Å²) in [6.07, 6.45) is 1.17. The first-order chi connectivity index (χ1) is 9.51. The van der Waals surface area contributed by atoms with Crippen LogP contribution in [-0.4, -0.2) is 18.1 Å². The fourth-order valence-electron chi connectivity index (χ4n) is 1.46. The lowest BCUT2D eigenvalue weighted by Crippen LogP contribution is -2.06. The molecule has 0 bridgehead atoms. The first-order valence-electron chi connectivity index (χ1n) is 5.48. The number of hydrogen-bond donors (Lipinski definition) is 1. The second kappa shape index (κ2) is 5.52. The van der Waals surface area contributed by atoms with E-state index >= 15 is 0 Å². The van der Waals surface area contributed by atoms with Crippen LogP contribution in [0.4, 0.5) is 14.5 Å². The molecule has 0 amide bonds. The van der Waals surface area contributed by atoms with Crippen LogP contribution in [0.25, 0.3) is 0 Å². The quantitative estimate of drug-likeness (QED) is 0.874. The van der Waals surface area contributed by atoms with E-state index < -0.39 is 17.6 Å². The number of ether oxygens (including phenoxy) is 2. The molecular formula is C13H10F2N2O3. The molecule has 2 rings (SSSR count). The smallest absolute Gasteiger partial charge is 0.340 e. The van der Waals surface area contributed by atoms with Gasteiger partial charge in [0.1, 0.15) is 5.82 Å². The van der Waals surface area contributed by atoms with E-state index in [0.717, 1.165) is 18.2 Å². The molecule has 0 aliphatic rings. The highest BCUT2D eigenvalue weighted by atomic mass is 19.1. The van der Waals surface area contributed by atoms with Crippen LogP contribution in [-0.2, 0) is 4.74 Å². The average Bonchev–Trinajstić information content (AvgIpc) is 2.44.